The highest BCUT2D eigenvalue weighted by atomic mass is 16.3. The maximum absolute atomic E-state index is 11.3. The second kappa shape index (κ2) is 3.85. The van der Waals surface area contributed by atoms with Crippen molar-refractivity contribution in [3.63, 3.8) is 0 Å². The van der Waals surface area contributed by atoms with Crippen molar-refractivity contribution in [2.24, 2.45) is 0 Å². The molecule has 0 fully saturated rings. The number of carbonyl (C=O) groups is 4. The molecule has 0 radical (unpaired) electrons. The number of imide groups is 2. The minimum absolute atomic E-state index is 0.0801. The van der Waals surface area contributed by atoms with Crippen LogP contribution < -0.4 is 0 Å². The first kappa shape index (κ1) is 11.1. The molecule has 0 bridgehead atoms. The zero-order chi connectivity index (χ0) is 12.6. The smallest absolute Gasteiger partial charge is 0.295 e. The first-order valence-electron chi connectivity index (χ1n) is 4.81. The average molecular weight is 236 g/mol. The van der Waals surface area contributed by atoms with Gasteiger partial charge in [0.2, 0.25) is 0 Å². The van der Waals surface area contributed by atoms with Crippen LogP contribution in [0.2, 0.25) is 0 Å². The van der Waals surface area contributed by atoms with Crippen LogP contribution in [0.25, 0.3) is 0 Å². The summed E-state index contributed by atoms with van der Waals surface area (Å²) in [5.74, 6) is -3.06. The van der Waals surface area contributed by atoms with Gasteiger partial charge in [0, 0.05) is 25.2 Å². The Morgan fingerprint density at radius 3 is 1.88 bits per heavy atom. The largest absolute Gasteiger partial charge is 0.503 e. The van der Waals surface area contributed by atoms with Gasteiger partial charge in [0.05, 0.1) is 6.08 Å². The number of amides is 4. The minimum Gasteiger partial charge on any atom is -0.503 e. The lowest BCUT2D eigenvalue weighted by atomic mass is 10.4. The van der Waals surface area contributed by atoms with Crippen molar-refractivity contribution in [1.82, 2.24) is 9.80 Å². The van der Waals surface area contributed by atoms with Gasteiger partial charge in [0.1, 0.15) is 0 Å². The van der Waals surface area contributed by atoms with Gasteiger partial charge < -0.3 is 5.11 Å². The summed E-state index contributed by atoms with van der Waals surface area (Å²) in [4.78, 5) is 46.5. The molecule has 1 N–H and O–H groups in total. The monoisotopic (exact) mass is 236 g/mol. The normalized spacial score (nSPS) is 19.6. The molecule has 7 nitrogen and oxygen atoms in total. The molecule has 0 aromatic carbocycles. The molecule has 2 aliphatic heterocycles. The summed E-state index contributed by atoms with van der Waals surface area (Å²) in [6.45, 7) is -0.208. The molecule has 4 amide bonds. The summed E-state index contributed by atoms with van der Waals surface area (Å²) >= 11 is 0. The van der Waals surface area contributed by atoms with E-state index in [0.717, 1.165) is 28.0 Å². The fourth-order valence-electron chi connectivity index (χ4n) is 1.56. The van der Waals surface area contributed by atoms with Gasteiger partial charge in [0.15, 0.2) is 5.76 Å². The summed E-state index contributed by atoms with van der Waals surface area (Å²) in [5, 5.41) is 9.02. The maximum atomic E-state index is 11.3. The van der Waals surface area contributed by atoms with Gasteiger partial charge in [-0.25, -0.2) is 0 Å². The number of carbonyl (C=O) groups excluding carboxylic acids is 4. The van der Waals surface area contributed by atoms with E-state index in [4.69, 9.17) is 5.11 Å². The van der Waals surface area contributed by atoms with Crippen LogP contribution in [-0.4, -0.2) is 51.6 Å². The zero-order valence-electron chi connectivity index (χ0n) is 8.62. The molecule has 0 saturated heterocycles. The van der Waals surface area contributed by atoms with Gasteiger partial charge in [-0.15, -0.1) is 0 Å². The highest BCUT2D eigenvalue weighted by Gasteiger charge is 2.32. The Morgan fingerprint density at radius 1 is 0.882 bits per heavy atom. The molecule has 0 aliphatic carbocycles. The molecule has 0 aromatic heterocycles. The Labute approximate surface area is 95.6 Å². The lowest BCUT2D eigenvalue weighted by Gasteiger charge is -2.18. The fourth-order valence-corrected chi connectivity index (χ4v) is 1.56. The highest BCUT2D eigenvalue weighted by molar-refractivity contribution is 6.15. The molecule has 2 heterocycles. The van der Waals surface area contributed by atoms with Crippen LogP contribution in [0.3, 0.4) is 0 Å². The number of aliphatic hydroxyl groups is 1. The molecule has 2 rings (SSSR count). The van der Waals surface area contributed by atoms with E-state index in [0.29, 0.717) is 0 Å². The average Bonchev–Trinajstić information content (AvgIpc) is 2.70. The van der Waals surface area contributed by atoms with Crippen molar-refractivity contribution in [2.75, 3.05) is 13.1 Å². The predicted molar refractivity (Wildman–Crippen MR) is 53.3 cm³/mol. The summed E-state index contributed by atoms with van der Waals surface area (Å²) in [6, 6.07) is 0. The Morgan fingerprint density at radius 2 is 1.41 bits per heavy atom. The van der Waals surface area contributed by atoms with Crippen LogP contribution in [0.15, 0.2) is 24.0 Å². The van der Waals surface area contributed by atoms with Crippen LogP contribution in [0.5, 0.6) is 0 Å². The van der Waals surface area contributed by atoms with E-state index in [9.17, 15) is 19.2 Å². The molecule has 2 aliphatic rings. The van der Waals surface area contributed by atoms with E-state index in [1.165, 1.54) is 0 Å². The van der Waals surface area contributed by atoms with E-state index in [2.05, 4.69) is 0 Å². The fraction of sp³-hybridized carbons (Fsp3) is 0.200. The van der Waals surface area contributed by atoms with E-state index in [1.54, 1.807) is 0 Å². The first-order chi connectivity index (χ1) is 8.00. The minimum atomic E-state index is -0.818. The van der Waals surface area contributed by atoms with Gasteiger partial charge in [-0.05, 0) is 0 Å². The van der Waals surface area contributed by atoms with Crippen molar-refractivity contribution in [3.8, 4) is 0 Å². The van der Waals surface area contributed by atoms with E-state index >= 15 is 0 Å². The Hall–Kier alpha value is -2.44. The van der Waals surface area contributed by atoms with Crippen LogP contribution >= 0.6 is 0 Å². The molecular formula is C10H8N2O5. The van der Waals surface area contributed by atoms with Crippen LogP contribution in [0, 0.1) is 0 Å². The van der Waals surface area contributed by atoms with Gasteiger partial charge in [-0.2, -0.15) is 0 Å². The van der Waals surface area contributed by atoms with Crippen molar-refractivity contribution in [1.29, 1.82) is 0 Å². The molecule has 0 unspecified atom stereocenters. The third-order valence-corrected chi connectivity index (χ3v) is 2.44. The van der Waals surface area contributed by atoms with Crippen molar-refractivity contribution < 1.29 is 24.3 Å². The number of hydrogen-bond donors (Lipinski definition) is 1. The Balaban J connectivity index is 1.96. The summed E-state index contributed by atoms with van der Waals surface area (Å²) in [7, 11) is 0. The third-order valence-electron chi connectivity index (χ3n) is 2.44. The molecule has 17 heavy (non-hydrogen) atoms. The number of aliphatic hydroxyl groups excluding tert-OH is 1. The lowest BCUT2D eigenvalue weighted by Crippen LogP contribution is -2.41. The summed E-state index contributed by atoms with van der Waals surface area (Å²) in [5.41, 5.74) is 0. The van der Waals surface area contributed by atoms with Crippen LogP contribution in [0.1, 0.15) is 0 Å². The number of hydrogen-bond acceptors (Lipinski definition) is 5. The van der Waals surface area contributed by atoms with Gasteiger partial charge in [-0.3, -0.25) is 29.0 Å². The topological polar surface area (TPSA) is 95.0 Å². The zero-order valence-corrected chi connectivity index (χ0v) is 8.62. The second-order valence-electron chi connectivity index (χ2n) is 3.49. The molecular weight excluding hydrogens is 228 g/mol. The molecule has 0 saturated carbocycles. The maximum Gasteiger partial charge on any atom is 0.295 e. The quantitative estimate of drug-likeness (QED) is 0.616. The van der Waals surface area contributed by atoms with E-state index in [-0.39, 0.29) is 13.1 Å². The first-order valence-corrected chi connectivity index (χ1v) is 4.81. The second-order valence-corrected chi connectivity index (χ2v) is 3.49. The van der Waals surface area contributed by atoms with Gasteiger partial charge in [-0.1, -0.05) is 0 Å². The van der Waals surface area contributed by atoms with Crippen LogP contribution in [0.4, 0.5) is 0 Å². The summed E-state index contributed by atoms with van der Waals surface area (Å²) in [6.07, 6.45) is 3.03. The Bertz CT molecular complexity index is 473. The molecule has 0 aromatic rings. The highest BCUT2D eigenvalue weighted by Crippen LogP contribution is 2.11. The Kier molecular flexibility index (Phi) is 2.51. The number of rotatable bonds is 3. The third kappa shape index (κ3) is 1.82. The van der Waals surface area contributed by atoms with Crippen molar-refractivity contribution in [3.05, 3.63) is 24.0 Å². The SMILES string of the molecule is O=C1C=CC(=O)N1CCN1C(=O)C=C(O)C1=O. The van der Waals surface area contributed by atoms with Crippen molar-refractivity contribution >= 4 is 23.6 Å². The standard InChI is InChI=1S/C10H8N2O5/c13-6-5-9(16)12(10(6)17)4-3-11-7(14)1-2-8(11)15/h1-2,5,13H,3-4H2. The molecule has 7 heteroatoms. The van der Waals surface area contributed by atoms with E-state index in [1.807, 2.05) is 0 Å². The molecule has 0 spiro atoms. The number of nitrogens with zero attached hydrogens (tertiary/aromatic N) is 2. The van der Waals surface area contributed by atoms with Gasteiger partial charge >= 0.3 is 0 Å². The predicted octanol–water partition coefficient (Wildman–Crippen LogP) is -1.28. The molecule has 88 valence electrons. The van der Waals surface area contributed by atoms with Gasteiger partial charge in [0.25, 0.3) is 23.6 Å². The van der Waals surface area contributed by atoms with E-state index < -0.39 is 29.4 Å². The summed E-state index contributed by atoms with van der Waals surface area (Å²) < 4.78 is 0. The lowest BCUT2D eigenvalue weighted by molar-refractivity contribution is -0.142. The van der Waals surface area contributed by atoms with Crippen molar-refractivity contribution in [2.45, 2.75) is 0 Å². The van der Waals surface area contributed by atoms with Crippen LogP contribution in [-0.2, 0) is 19.2 Å². The molecule has 0 atom stereocenters.